The van der Waals surface area contributed by atoms with E-state index in [0.717, 1.165) is 30.5 Å². The van der Waals surface area contributed by atoms with E-state index in [1.165, 1.54) is 5.56 Å². The Morgan fingerprint density at radius 1 is 1.10 bits per heavy atom. The molecule has 1 N–H and O–H groups in total. The van der Waals surface area contributed by atoms with E-state index in [1.807, 2.05) is 30.3 Å². The smallest absolute Gasteiger partial charge is 0.0634 e. The first kappa shape index (κ1) is 16.3. The predicted octanol–water partition coefficient (Wildman–Crippen LogP) is 7.19. The molecular weight excluding hydrogens is 469 g/mol. The average Bonchev–Trinajstić information content (AvgIpc) is 2.38. The van der Waals surface area contributed by atoms with Gasteiger partial charge in [0.25, 0.3) is 0 Å². The second-order valence-electron chi connectivity index (χ2n) is 4.40. The zero-order chi connectivity index (χ0) is 14.7. The molecule has 106 valence electrons. The fourth-order valence-corrected chi connectivity index (χ4v) is 4.69. The molecule has 0 aromatic heterocycles. The van der Waals surface area contributed by atoms with Crippen molar-refractivity contribution >= 4 is 65.1 Å². The largest absolute Gasteiger partial charge is 0.376 e. The van der Waals surface area contributed by atoms with E-state index in [2.05, 4.69) is 66.1 Å². The van der Waals surface area contributed by atoms with Gasteiger partial charge in [0.2, 0.25) is 0 Å². The van der Waals surface area contributed by atoms with E-state index in [1.54, 1.807) is 0 Å². The monoisotopic (exact) mass is 479 g/mol. The molecule has 2 rings (SSSR count). The molecule has 0 fully saturated rings. The van der Waals surface area contributed by atoms with E-state index in [9.17, 15) is 0 Å². The number of rotatable bonds is 4. The lowest BCUT2D eigenvalue weighted by molar-refractivity contribution is 0.748. The van der Waals surface area contributed by atoms with Crippen LogP contribution in [0.5, 0.6) is 0 Å². The van der Waals surface area contributed by atoms with Crippen LogP contribution in [-0.2, 0) is 0 Å². The van der Waals surface area contributed by atoms with Gasteiger partial charge in [-0.1, -0.05) is 46.6 Å². The lowest BCUT2D eigenvalue weighted by atomic mass is 10.0. The fourth-order valence-electron chi connectivity index (χ4n) is 2.00. The molecule has 20 heavy (non-hydrogen) atoms. The van der Waals surface area contributed by atoms with Crippen LogP contribution in [0.3, 0.4) is 0 Å². The topological polar surface area (TPSA) is 12.0 Å². The van der Waals surface area contributed by atoms with Crippen LogP contribution >= 0.6 is 59.4 Å². The van der Waals surface area contributed by atoms with Crippen LogP contribution < -0.4 is 5.32 Å². The van der Waals surface area contributed by atoms with E-state index < -0.39 is 0 Å². The number of halogens is 4. The summed E-state index contributed by atoms with van der Waals surface area (Å²) in [6.07, 6.45) is 0.968. The molecular formula is C15H13Br3ClN. The molecule has 0 spiro atoms. The summed E-state index contributed by atoms with van der Waals surface area (Å²) in [6.45, 7) is 2.15. The highest BCUT2D eigenvalue weighted by molar-refractivity contribution is 9.11. The molecule has 2 aromatic rings. The highest BCUT2D eigenvalue weighted by Gasteiger charge is 2.14. The van der Waals surface area contributed by atoms with E-state index >= 15 is 0 Å². The molecule has 0 saturated heterocycles. The van der Waals surface area contributed by atoms with Gasteiger partial charge in [0.1, 0.15) is 0 Å². The van der Waals surface area contributed by atoms with E-state index in [-0.39, 0.29) is 6.04 Å². The molecule has 0 bridgehead atoms. The minimum absolute atomic E-state index is 0.211. The zero-order valence-corrected chi connectivity index (χ0v) is 16.3. The van der Waals surface area contributed by atoms with Crippen molar-refractivity contribution in [1.82, 2.24) is 0 Å². The Bertz CT molecular complexity index is 593. The van der Waals surface area contributed by atoms with Crippen molar-refractivity contribution in [2.24, 2.45) is 0 Å². The number of hydrogen-bond acceptors (Lipinski definition) is 1. The SMILES string of the molecule is CCC(Nc1c(Br)cc(Br)cc1Br)c1cccc(Cl)c1. The first-order chi connectivity index (χ1) is 9.51. The number of benzene rings is 2. The third-order valence-corrected chi connectivity index (χ3v) is 4.93. The van der Waals surface area contributed by atoms with Gasteiger partial charge >= 0.3 is 0 Å². The van der Waals surface area contributed by atoms with Crippen LogP contribution in [0.25, 0.3) is 0 Å². The molecule has 1 nitrogen and oxygen atoms in total. The highest BCUT2D eigenvalue weighted by atomic mass is 79.9. The molecule has 1 unspecified atom stereocenters. The maximum Gasteiger partial charge on any atom is 0.0634 e. The minimum atomic E-state index is 0.211. The van der Waals surface area contributed by atoms with Gasteiger partial charge in [0.05, 0.1) is 11.7 Å². The van der Waals surface area contributed by atoms with Crippen LogP contribution in [0, 0.1) is 0 Å². The predicted molar refractivity (Wildman–Crippen MR) is 97.6 cm³/mol. The Labute approximate surface area is 149 Å². The molecule has 0 aliphatic carbocycles. The Kier molecular flexibility index (Phi) is 5.96. The molecule has 0 aliphatic rings. The van der Waals surface area contributed by atoms with Crippen LogP contribution in [0.2, 0.25) is 5.02 Å². The Morgan fingerprint density at radius 2 is 1.75 bits per heavy atom. The summed E-state index contributed by atoms with van der Waals surface area (Å²) in [5.41, 5.74) is 2.22. The molecule has 1 atom stereocenters. The summed E-state index contributed by atoms with van der Waals surface area (Å²) in [5, 5.41) is 4.32. The van der Waals surface area contributed by atoms with Gasteiger partial charge in [-0.3, -0.25) is 0 Å². The van der Waals surface area contributed by atoms with Gasteiger partial charge in [0.15, 0.2) is 0 Å². The average molecular weight is 482 g/mol. The third kappa shape index (κ3) is 4.00. The molecule has 0 radical (unpaired) electrons. The second-order valence-corrected chi connectivity index (χ2v) is 7.47. The highest BCUT2D eigenvalue weighted by Crippen LogP contribution is 2.37. The van der Waals surface area contributed by atoms with E-state index in [4.69, 9.17) is 11.6 Å². The molecule has 0 saturated carbocycles. The lowest BCUT2D eigenvalue weighted by Crippen LogP contribution is -2.10. The molecule has 2 aromatic carbocycles. The molecule has 0 aliphatic heterocycles. The van der Waals surface area contributed by atoms with Crippen LogP contribution in [0.15, 0.2) is 49.8 Å². The fraction of sp³-hybridized carbons (Fsp3) is 0.200. The van der Waals surface area contributed by atoms with Crippen molar-refractivity contribution in [1.29, 1.82) is 0 Å². The van der Waals surface area contributed by atoms with Gasteiger partial charge in [0, 0.05) is 18.4 Å². The number of hydrogen-bond donors (Lipinski definition) is 1. The van der Waals surface area contributed by atoms with Gasteiger partial charge < -0.3 is 5.32 Å². The standard InChI is InChI=1S/C15H13Br3ClN/c1-2-14(9-4-3-5-11(19)6-9)20-15-12(17)7-10(16)8-13(15)18/h3-8,14,20H,2H2,1H3. The summed E-state index contributed by atoms with van der Waals surface area (Å²) in [5.74, 6) is 0. The summed E-state index contributed by atoms with van der Waals surface area (Å²) < 4.78 is 3.05. The second kappa shape index (κ2) is 7.30. The molecule has 0 amide bonds. The summed E-state index contributed by atoms with van der Waals surface area (Å²) >= 11 is 16.7. The maximum absolute atomic E-state index is 6.08. The Morgan fingerprint density at radius 3 is 2.30 bits per heavy atom. The maximum atomic E-state index is 6.08. The van der Waals surface area contributed by atoms with Crippen molar-refractivity contribution in [3.63, 3.8) is 0 Å². The Hall–Kier alpha value is -0.0300. The Balaban J connectivity index is 2.32. The van der Waals surface area contributed by atoms with Gasteiger partial charge in [-0.2, -0.15) is 0 Å². The van der Waals surface area contributed by atoms with E-state index in [0.29, 0.717) is 0 Å². The van der Waals surface area contributed by atoms with Crippen molar-refractivity contribution in [2.45, 2.75) is 19.4 Å². The van der Waals surface area contributed by atoms with Crippen molar-refractivity contribution in [2.75, 3.05) is 5.32 Å². The van der Waals surface area contributed by atoms with Crippen molar-refractivity contribution in [3.8, 4) is 0 Å². The normalized spacial score (nSPS) is 12.2. The summed E-state index contributed by atoms with van der Waals surface area (Å²) in [4.78, 5) is 0. The summed E-state index contributed by atoms with van der Waals surface area (Å²) in [7, 11) is 0. The van der Waals surface area contributed by atoms with Crippen LogP contribution in [0.1, 0.15) is 24.9 Å². The van der Waals surface area contributed by atoms with Gasteiger partial charge in [-0.05, 0) is 68.1 Å². The van der Waals surface area contributed by atoms with Crippen molar-refractivity contribution in [3.05, 3.63) is 60.4 Å². The van der Waals surface area contributed by atoms with Crippen LogP contribution in [0.4, 0.5) is 5.69 Å². The number of anilines is 1. The zero-order valence-electron chi connectivity index (χ0n) is 10.8. The molecule has 0 heterocycles. The van der Waals surface area contributed by atoms with Gasteiger partial charge in [-0.15, -0.1) is 0 Å². The number of nitrogens with one attached hydrogen (secondary N) is 1. The third-order valence-electron chi connectivity index (χ3n) is 2.98. The van der Waals surface area contributed by atoms with Crippen molar-refractivity contribution < 1.29 is 0 Å². The molecule has 5 heteroatoms. The first-order valence-electron chi connectivity index (χ1n) is 6.17. The summed E-state index contributed by atoms with van der Waals surface area (Å²) in [6, 6.07) is 12.2. The quantitative estimate of drug-likeness (QED) is 0.486. The van der Waals surface area contributed by atoms with Gasteiger partial charge in [-0.25, -0.2) is 0 Å². The van der Waals surface area contributed by atoms with Crippen LogP contribution in [-0.4, -0.2) is 0 Å². The lowest BCUT2D eigenvalue weighted by Gasteiger charge is -2.21. The first-order valence-corrected chi connectivity index (χ1v) is 8.93. The minimum Gasteiger partial charge on any atom is -0.376 e.